The van der Waals surface area contributed by atoms with Crippen molar-refractivity contribution in [2.24, 2.45) is 7.05 Å². The molecule has 2 aromatic carbocycles. The van der Waals surface area contributed by atoms with Crippen LogP contribution in [0.25, 0.3) is 22.0 Å². The van der Waals surface area contributed by atoms with Gasteiger partial charge in [-0.05, 0) is 18.6 Å². The molecule has 4 aromatic rings. The van der Waals surface area contributed by atoms with Gasteiger partial charge in [0.1, 0.15) is 9.90 Å². The second-order valence-electron chi connectivity index (χ2n) is 6.75. The predicted molar refractivity (Wildman–Crippen MR) is 117 cm³/mol. The lowest BCUT2D eigenvalue weighted by Crippen LogP contribution is -2.23. The Morgan fingerprint density at radius 1 is 1.03 bits per heavy atom. The monoisotopic (exact) mass is 423 g/mol. The normalized spacial score (nSPS) is 11.7. The summed E-state index contributed by atoms with van der Waals surface area (Å²) in [6, 6.07) is 21.1. The largest absolute Gasteiger partial charge is 0.345 e. The number of nitrogens with zero attached hydrogens (tertiary/aromatic N) is 2. The third-order valence-electron chi connectivity index (χ3n) is 4.88. The molecule has 1 N–H and O–H groups in total. The second-order valence-corrected chi connectivity index (χ2v) is 9.35. The number of aromatic nitrogens is 2. The first-order valence-electron chi connectivity index (χ1n) is 9.17. The molecule has 0 saturated carbocycles. The zero-order valence-electron chi connectivity index (χ0n) is 16.2. The van der Waals surface area contributed by atoms with Gasteiger partial charge in [-0.15, -0.1) is 11.3 Å². The first-order chi connectivity index (χ1) is 14.0. The quantitative estimate of drug-likeness (QED) is 0.493. The highest BCUT2D eigenvalue weighted by molar-refractivity contribution is 7.89. The Morgan fingerprint density at radius 2 is 1.69 bits per heavy atom. The lowest BCUT2D eigenvalue weighted by molar-refractivity contribution is 0.580. The molecule has 148 valence electrons. The third-order valence-corrected chi connectivity index (χ3v) is 7.26. The smallest absolute Gasteiger partial charge is 0.242 e. The summed E-state index contributed by atoms with van der Waals surface area (Å²) in [4.78, 5) is 5.00. The van der Waals surface area contributed by atoms with Gasteiger partial charge >= 0.3 is 0 Å². The molecule has 0 atom stereocenters. The summed E-state index contributed by atoms with van der Waals surface area (Å²) in [6.07, 6.45) is 0. The summed E-state index contributed by atoms with van der Waals surface area (Å²) in [5, 5.41) is 2.79. The summed E-state index contributed by atoms with van der Waals surface area (Å²) in [7, 11) is -1.77. The highest BCUT2D eigenvalue weighted by Gasteiger charge is 2.23. The Morgan fingerprint density at radius 3 is 2.38 bits per heavy atom. The van der Waals surface area contributed by atoms with Gasteiger partial charge in [-0.2, -0.15) is 0 Å². The van der Waals surface area contributed by atoms with Gasteiger partial charge in [0.2, 0.25) is 10.0 Å². The minimum absolute atomic E-state index is 0.252. The molecule has 0 bridgehead atoms. The van der Waals surface area contributed by atoms with Crippen LogP contribution in [0.4, 0.5) is 0 Å². The Labute approximate surface area is 174 Å². The molecular weight excluding hydrogens is 402 g/mol. The Hall–Kier alpha value is -2.74. The van der Waals surface area contributed by atoms with Crippen LogP contribution in [0.5, 0.6) is 0 Å². The predicted octanol–water partition coefficient (Wildman–Crippen LogP) is 4.60. The Bertz CT molecular complexity index is 1230. The van der Waals surface area contributed by atoms with Crippen LogP contribution in [0.1, 0.15) is 11.3 Å². The van der Waals surface area contributed by atoms with E-state index in [9.17, 15) is 8.42 Å². The standard InChI is InChI=1S/C22H21N3O2S2/c1-16-21(29(26,27)23-14-17-9-5-3-6-10-17)13-20(25(16)2)22-24-19(15-28-22)18-11-7-4-8-12-18/h3-13,15,23H,14H2,1-2H3. The van der Waals surface area contributed by atoms with Crippen molar-refractivity contribution in [2.75, 3.05) is 0 Å². The summed E-state index contributed by atoms with van der Waals surface area (Å²) in [5.41, 5.74) is 4.30. The Kier molecular flexibility index (Phi) is 5.36. The zero-order chi connectivity index (χ0) is 20.4. The Balaban J connectivity index is 1.63. The lowest BCUT2D eigenvalue weighted by Gasteiger charge is -2.07. The number of rotatable bonds is 6. The highest BCUT2D eigenvalue weighted by atomic mass is 32.2. The lowest BCUT2D eigenvalue weighted by atomic mass is 10.2. The molecule has 5 nitrogen and oxygen atoms in total. The summed E-state index contributed by atoms with van der Waals surface area (Å²) in [6.45, 7) is 2.06. The van der Waals surface area contributed by atoms with E-state index in [4.69, 9.17) is 4.98 Å². The van der Waals surface area contributed by atoms with E-state index in [0.29, 0.717) is 5.69 Å². The molecule has 0 aliphatic heterocycles. The molecule has 7 heteroatoms. The summed E-state index contributed by atoms with van der Waals surface area (Å²) >= 11 is 1.51. The van der Waals surface area contributed by atoms with Crippen molar-refractivity contribution in [2.45, 2.75) is 18.4 Å². The first-order valence-corrected chi connectivity index (χ1v) is 11.5. The minimum atomic E-state index is -3.64. The van der Waals surface area contributed by atoms with Crippen molar-refractivity contribution in [3.05, 3.63) is 83.4 Å². The van der Waals surface area contributed by atoms with Crippen molar-refractivity contribution in [3.63, 3.8) is 0 Å². The summed E-state index contributed by atoms with van der Waals surface area (Å²) in [5.74, 6) is 0. The number of benzene rings is 2. The highest BCUT2D eigenvalue weighted by Crippen LogP contribution is 2.32. The molecule has 0 amide bonds. The van der Waals surface area contributed by atoms with E-state index in [2.05, 4.69) is 4.72 Å². The third kappa shape index (κ3) is 4.03. The maximum Gasteiger partial charge on any atom is 0.242 e. The molecule has 29 heavy (non-hydrogen) atoms. The molecular formula is C22H21N3O2S2. The van der Waals surface area contributed by atoms with Gasteiger partial charge in [-0.3, -0.25) is 0 Å². The molecule has 0 radical (unpaired) electrons. The fourth-order valence-electron chi connectivity index (χ4n) is 3.13. The molecule has 0 saturated heterocycles. The van der Waals surface area contributed by atoms with E-state index in [1.165, 1.54) is 11.3 Å². The number of hydrogen-bond donors (Lipinski definition) is 1. The van der Waals surface area contributed by atoms with Gasteiger partial charge in [0, 0.05) is 30.2 Å². The van der Waals surface area contributed by atoms with Crippen molar-refractivity contribution in [3.8, 4) is 22.0 Å². The van der Waals surface area contributed by atoms with Crippen molar-refractivity contribution in [1.82, 2.24) is 14.3 Å². The minimum Gasteiger partial charge on any atom is -0.345 e. The fourth-order valence-corrected chi connectivity index (χ4v) is 5.32. The van der Waals surface area contributed by atoms with Crippen LogP contribution < -0.4 is 4.72 Å². The van der Waals surface area contributed by atoms with Gasteiger partial charge in [-0.25, -0.2) is 18.1 Å². The van der Waals surface area contributed by atoms with Crippen LogP contribution in [-0.2, 0) is 23.6 Å². The van der Waals surface area contributed by atoms with Crippen LogP contribution >= 0.6 is 11.3 Å². The maximum atomic E-state index is 12.9. The molecule has 0 spiro atoms. The van der Waals surface area contributed by atoms with Crippen LogP contribution in [0.3, 0.4) is 0 Å². The van der Waals surface area contributed by atoms with Gasteiger partial charge in [0.25, 0.3) is 0 Å². The van der Waals surface area contributed by atoms with Gasteiger partial charge in [0.15, 0.2) is 0 Å². The molecule has 4 rings (SSSR count). The van der Waals surface area contributed by atoms with Crippen LogP contribution in [0, 0.1) is 6.92 Å². The van der Waals surface area contributed by atoms with E-state index >= 15 is 0 Å². The molecule has 2 aromatic heterocycles. The van der Waals surface area contributed by atoms with Crippen molar-refractivity contribution in [1.29, 1.82) is 0 Å². The van der Waals surface area contributed by atoms with E-state index in [-0.39, 0.29) is 11.4 Å². The zero-order valence-corrected chi connectivity index (χ0v) is 17.8. The average Bonchev–Trinajstić information content (AvgIpc) is 3.34. The van der Waals surface area contributed by atoms with Crippen LogP contribution in [-0.4, -0.2) is 18.0 Å². The molecule has 0 unspecified atom stereocenters. The van der Waals surface area contributed by atoms with E-state index < -0.39 is 10.0 Å². The number of sulfonamides is 1. The SMILES string of the molecule is Cc1c(S(=O)(=O)NCc2ccccc2)cc(-c2nc(-c3ccccc3)cs2)n1C. The van der Waals surface area contributed by atoms with Gasteiger partial charge in [-0.1, -0.05) is 60.7 Å². The van der Waals surface area contributed by atoms with Gasteiger partial charge in [0.05, 0.1) is 11.4 Å². The molecule has 0 aliphatic rings. The first kappa shape index (κ1) is 19.6. The van der Waals surface area contributed by atoms with Gasteiger partial charge < -0.3 is 4.57 Å². The van der Waals surface area contributed by atoms with E-state index in [1.807, 2.05) is 84.6 Å². The summed E-state index contributed by atoms with van der Waals surface area (Å²) < 4.78 is 30.4. The number of hydrogen-bond acceptors (Lipinski definition) is 4. The molecule has 2 heterocycles. The van der Waals surface area contributed by atoms with E-state index in [1.54, 1.807) is 6.07 Å². The van der Waals surface area contributed by atoms with Crippen molar-refractivity contribution < 1.29 is 8.42 Å². The topological polar surface area (TPSA) is 64.0 Å². The van der Waals surface area contributed by atoms with Crippen molar-refractivity contribution >= 4 is 21.4 Å². The number of nitrogens with one attached hydrogen (secondary N) is 1. The van der Waals surface area contributed by atoms with E-state index in [0.717, 1.165) is 27.5 Å². The number of thiazole rings is 1. The van der Waals surface area contributed by atoms with Crippen LogP contribution in [0.2, 0.25) is 0 Å². The fraction of sp³-hybridized carbons (Fsp3) is 0.136. The maximum absolute atomic E-state index is 12.9. The molecule has 0 fully saturated rings. The second kappa shape index (κ2) is 7.94. The molecule has 0 aliphatic carbocycles. The average molecular weight is 424 g/mol. The van der Waals surface area contributed by atoms with Crippen LogP contribution in [0.15, 0.2) is 77.0 Å².